The fourth-order valence-electron chi connectivity index (χ4n) is 0.301. The van der Waals surface area contributed by atoms with E-state index >= 15 is 0 Å². The lowest BCUT2D eigenvalue weighted by Gasteiger charge is -1.92. The Balaban J connectivity index is 3.06. The average Bonchev–Trinajstić information content (AvgIpc) is 1.89. The number of nitrogens with zero attached hydrogens (tertiary/aromatic N) is 1. The van der Waals surface area contributed by atoms with Gasteiger partial charge < -0.3 is 5.32 Å². The molecule has 0 radical (unpaired) electrons. The van der Waals surface area contributed by atoms with Crippen LogP contribution in [0.3, 0.4) is 0 Å². The lowest BCUT2D eigenvalue weighted by Crippen LogP contribution is -2.17. The Morgan fingerprint density at radius 1 is 1.78 bits per heavy atom. The fourth-order valence-corrected chi connectivity index (χ4v) is 0.652. The van der Waals surface area contributed by atoms with Crippen molar-refractivity contribution < 1.29 is 4.79 Å². The summed E-state index contributed by atoms with van der Waals surface area (Å²) in [6.07, 6.45) is 0.354. The first kappa shape index (κ1) is 8.42. The van der Waals surface area contributed by atoms with Crippen LogP contribution in [0.4, 0.5) is 0 Å². The zero-order valence-electron chi connectivity index (χ0n) is 5.09. The van der Waals surface area contributed by atoms with Crippen LogP contribution < -0.4 is 5.32 Å². The van der Waals surface area contributed by atoms with Gasteiger partial charge in [0.1, 0.15) is 0 Å². The van der Waals surface area contributed by atoms with Crippen LogP contribution in [0.15, 0.2) is 4.58 Å². The van der Waals surface area contributed by atoms with Crippen molar-refractivity contribution >= 4 is 17.9 Å². The standard InChI is InChI=1S/C4H8N2O2S/c1-5-4(7)2-3-9-6-8/h2-3H2,1H3,(H,5,7). The van der Waals surface area contributed by atoms with Crippen molar-refractivity contribution in [2.45, 2.75) is 6.42 Å². The Bertz CT molecular complexity index is 107. The topological polar surface area (TPSA) is 58.5 Å². The Hall–Kier alpha value is -0.580. The molecule has 5 heteroatoms. The van der Waals surface area contributed by atoms with Crippen LogP contribution in [0, 0.1) is 4.91 Å². The number of amides is 1. The quantitative estimate of drug-likeness (QED) is 0.359. The van der Waals surface area contributed by atoms with E-state index < -0.39 is 0 Å². The van der Waals surface area contributed by atoms with Gasteiger partial charge in [-0.1, -0.05) is 0 Å². The van der Waals surface area contributed by atoms with Crippen molar-refractivity contribution in [2.75, 3.05) is 12.8 Å². The maximum atomic E-state index is 10.4. The summed E-state index contributed by atoms with van der Waals surface area (Å²) in [5, 5.41) is 2.43. The highest BCUT2D eigenvalue weighted by Gasteiger charge is 1.95. The predicted octanol–water partition coefficient (Wildman–Crippen LogP) is 0.537. The van der Waals surface area contributed by atoms with Crippen LogP contribution in [0.1, 0.15) is 6.42 Å². The van der Waals surface area contributed by atoms with Crippen molar-refractivity contribution in [2.24, 2.45) is 4.58 Å². The molecule has 0 fully saturated rings. The van der Waals surface area contributed by atoms with Gasteiger partial charge >= 0.3 is 0 Å². The van der Waals surface area contributed by atoms with Crippen molar-refractivity contribution in [3.05, 3.63) is 4.91 Å². The summed E-state index contributed by atoms with van der Waals surface area (Å²) in [6.45, 7) is 0. The van der Waals surface area contributed by atoms with Crippen molar-refractivity contribution in [3.8, 4) is 0 Å². The average molecular weight is 148 g/mol. The van der Waals surface area contributed by atoms with Crippen LogP contribution in [0.25, 0.3) is 0 Å². The van der Waals surface area contributed by atoms with E-state index in [1.807, 2.05) is 0 Å². The molecule has 1 N–H and O–H groups in total. The van der Waals surface area contributed by atoms with E-state index in [9.17, 15) is 9.70 Å². The van der Waals surface area contributed by atoms with Gasteiger partial charge in [-0.15, -0.1) is 4.91 Å². The minimum Gasteiger partial charge on any atom is -0.359 e. The second-order valence-electron chi connectivity index (χ2n) is 1.33. The van der Waals surface area contributed by atoms with Gasteiger partial charge in [-0.3, -0.25) is 4.79 Å². The number of hydrogen-bond donors (Lipinski definition) is 1. The van der Waals surface area contributed by atoms with Crippen LogP contribution in [0.2, 0.25) is 0 Å². The summed E-state index contributed by atoms with van der Waals surface area (Å²) in [7, 11) is 1.56. The molecule has 0 aliphatic heterocycles. The number of carbonyl (C=O) groups is 1. The molecule has 0 aliphatic carbocycles. The molecular formula is C4H8N2O2S. The van der Waals surface area contributed by atoms with Crippen LogP contribution >= 0.6 is 11.9 Å². The normalized spacial score (nSPS) is 8.56. The Morgan fingerprint density at radius 3 is 2.89 bits per heavy atom. The molecule has 0 aromatic heterocycles. The Kier molecular flexibility index (Phi) is 5.20. The molecule has 0 aromatic rings. The first-order valence-corrected chi connectivity index (χ1v) is 3.40. The second-order valence-corrected chi connectivity index (χ2v) is 2.15. The summed E-state index contributed by atoms with van der Waals surface area (Å²) < 4.78 is 2.53. The molecule has 0 aromatic carbocycles. The molecule has 0 heterocycles. The molecular weight excluding hydrogens is 140 g/mol. The van der Waals surface area contributed by atoms with Gasteiger partial charge in [-0.2, -0.15) is 0 Å². The first-order chi connectivity index (χ1) is 4.31. The highest BCUT2D eigenvalue weighted by molar-refractivity contribution is 7.97. The molecule has 0 saturated heterocycles. The SMILES string of the molecule is CNC(=O)CCSN=O. The van der Waals surface area contributed by atoms with Gasteiger partial charge in [0, 0.05) is 35.8 Å². The minimum atomic E-state index is -0.0637. The van der Waals surface area contributed by atoms with Gasteiger partial charge in [-0.25, -0.2) is 0 Å². The summed E-state index contributed by atoms with van der Waals surface area (Å²) in [5.74, 6) is 0.398. The largest absolute Gasteiger partial charge is 0.359 e. The lowest BCUT2D eigenvalue weighted by atomic mass is 10.5. The number of nitroso groups, excluding NO2 is 1. The van der Waals surface area contributed by atoms with E-state index in [1.54, 1.807) is 7.05 Å². The van der Waals surface area contributed by atoms with E-state index in [4.69, 9.17) is 0 Å². The molecule has 0 atom stereocenters. The molecule has 52 valence electrons. The summed E-state index contributed by atoms with van der Waals surface area (Å²) in [4.78, 5) is 19.9. The van der Waals surface area contributed by atoms with E-state index in [-0.39, 0.29) is 5.91 Å². The third-order valence-corrected chi connectivity index (χ3v) is 1.24. The third-order valence-electron chi connectivity index (χ3n) is 0.752. The molecule has 0 unspecified atom stereocenters. The van der Waals surface area contributed by atoms with E-state index in [1.165, 1.54) is 0 Å². The lowest BCUT2D eigenvalue weighted by molar-refractivity contribution is -0.120. The van der Waals surface area contributed by atoms with Gasteiger partial charge in [0.05, 0.1) is 0 Å². The maximum Gasteiger partial charge on any atom is 0.220 e. The van der Waals surface area contributed by atoms with Gasteiger partial charge in [0.15, 0.2) is 0 Å². The van der Waals surface area contributed by atoms with Gasteiger partial charge in [0.25, 0.3) is 0 Å². The Labute approximate surface area is 57.5 Å². The maximum absolute atomic E-state index is 10.4. The smallest absolute Gasteiger partial charge is 0.220 e. The summed E-state index contributed by atoms with van der Waals surface area (Å²) in [5.41, 5.74) is 0. The van der Waals surface area contributed by atoms with Gasteiger partial charge in [-0.05, 0) is 0 Å². The highest BCUT2D eigenvalue weighted by atomic mass is 32.2. The molecule has 9 heavy (non-hydrogen) atoms. The third kappa shape index (κ3) is 5.29. The molecule has 4 nitrogen and oxygen atoms in total. The van der Waals surface area contributed by atoms with Crippen LogP contribution in [-0.4, -0.2) is 18.7 Å². The molecule has 0 bridgehead atoms. The first-order valence-electron chi connectivity index (χ1n) is 2.46. The molecule has 0 rings (SSSR count). The van der Waals surface area contributed by atoms with Crippen LogP contribution in [-0.2, 0) is 4.79 Å². The van der Waals surface area contributed by atoms with Crippen molar-refractivity contribution in [1.29, 1.82) is 0 Å². The highest BCUT2D eigenvalue weighted by Crippen LogP contribution is 2.01. The van der Waals surface area contributed by atoms with Crippen molar-refractivity contribution in [1.82, 2.24) is 5.32 Å². The number of rotatable bonds is 4. The number of nitrogens with one attached hydrogen (secondary N) is 1. The zero-order valence-corrected chi connectivity index (χ0v) is 5.90. The number of carbonyl (C=O) groups excluding carboxylic acids is 1. The van der Waals surface area contributed by atoms with E-state index in [2.05, 4.69) is 9.90 Å². The minimum absolute atomic E-state index is 0.0637. The molecule has 0 spiro atoms. The van der Waals surface area contributed by atoms with E-state index in [0.29, 0.717) is 12.2 Å². The van der Waals surface area contributed by atoms with Crippen molar-refractivity contribution in [3.63, 3.8) is 0 Å². The summed E-state index contributed by atoms with van der Waals surface area (Å²) >= 11 is 0.860. The number of hydrogen-bond acceptors (Lipinski definition) is 4. The van der Waals surface area contributed by atoms with Crippen LogP contribution in [0.5, 0.6) is 0 Å². The van der Waals surface area contributed by atoms with E-state index in [0.717, 1.165) is 11.9 Å². The Morgan fingerprint density at radius 2 is 2.44 bits per heavy atom. The molecule has 0 aliphatic rings. The zero-order chi connectivity index (χ0) is 7.11. The fraction of sp³-hybridized carbons (Fsp3) is 0.750. The monoisotopic (exact) mass is 148 g/mol. The second kappa shape index (κ2) is 5.55. The predicted molar refractivity (Wildman–Crippen MR) is 36.9 cm³/mol. The molecule has 1 amide bonds. The summed E-state index contributed by atoms with van der Waals surface area (Å²) in [6, 6.07) is 0. The molecule has 0 saturated carbocycles. The van der Waals surface area contributed by atoms with Gasteiger partial charge in [0.2, 0.25) is 5.91 Å².